The summed E-state index contributed by atoms with van der Waals surface area (Å²) in [6.45, 7) is 3.85. The van der Waals surface area contributed by atoms with Gasteiger partial charge >= 0.3 is 0 Å². The average molecular weight is 279 g/mol. The Balaban J connectivity index is 1.83. The first-order valence-corrected chi connectivity index (χ1v) is 6.66. The van der Waals surface area contributed by atoms with Crippen LogP contribution in [0.5, 0.6) is 0 Å². The second-order valence-corrected chi connectivity index (χ2v) is 4.42. The van der Waals surface area contributed by atoms with Crippen molar-refractivity contribution < 1.29 is 13.9 Å². The summed E-state index contributed by atoms with van der Waals surface area (Å²) in [7, 11) is 0. The highest BCUT2D eigenvalue weighted by Gasteiger charge is 2.07. The van der Waals surface area contributed by atoms with E-state index in [0.717, 1.165) is 6.42 Å². The fourth-order valence-electron chi connectivity index (χ4n) is 1.88. The molecule has 0 fully saturated rings. The number of hydrogen-bond donors (Lipinski definition) is 1. The molecule has 6 heteroatoms. The molecule has 0 saturated heterocycles. The number of nitrogens with one attached hydrogen (secondary N) is 1. The Bertz CT molecular complexity index is 583. The highest BCUT2D eigenvalue weighted by molar-refractivity contribution is 5.78. The topological polar surface area (TPSA) is 55.6 Å². The molecule has 0 bridgehead atoms. The summed E-state index contributed by atoms with van der Waals surface area (Å²) in [6.07, 6.45) is 3.98. The number of pyridine rings is 1. The Labute approximate surface area is 116 Å². The Kier molecular flexibility index (Phi) is 5.06. The van der Waals surface area contributed by atoms with E-state index in [1.807, 2.05) is 6.92 Å². The first kappa shape index (κ1) is 14.5. The van der Waals surface area contributed by atoms with Gasteiger partial charge in [0.05, 0.1) is 12.1 Å². The van der Waals surface area contributed by atoms with Crippen molar-refractivity contribution in [2.45, 2.75) is 19.8 Å². The van der Waals surface area contributed by atoms with Crippen molar-refractivity contribution in [2.24, 2.45) is 0 Å². The van der Waals surface area contributed by atoms with Crippen LogP contribution in [0.2, 0.25) is 0 Å². The maximum absolute atomic E-state index is 13.0. The third-order valence-corrected chi connectivity index (χ3v) is 2.80. The summed E-state index contributed by atoms with van der Waals surface area (Å²) in [5, 5.41) is 2.80. The predicted molar refractivity (Wildman–Crippen MR) is 73.0 cm³/mol. The van der Waals surface area contributed by atoms with Gasteiger partial charge in [-0.2, -0.15) is 0 Å². The number of amides is 1. The van der Waals surface area contributed by atoms with E-state index in [0.29, 0.717) is 31.1 Å². The maximum atomic E-state index is 13.0. The van der Waals surface area contributed by atoms with Crippen LogP contribution in [-0.4, -0.2) is 35.1 Å². The number of aromatic nitrogens is 2. The van der Waals surface area contributed by atoms with E-state index < -0.39 is 0 Å². The molecule has 0 spiro atoms. The second kappa shape index (κ2) is 7.00. The molecule has 2 aromatic heterocycles. The lowest BCUT2D eigenvalue weighted by atomic mass is 10.3. The smallest absolute Gasteiger partial charge is 0.226 e. The minimum absolute atomic E-state index is 0.0922. The number of fused-ring (bicyclic) bond motifs is 1. The lowest BCUT2D eigenvalue weighted by molar-refractivity contribution is -0.120. The van der Waals surface area contributed by atoms with Crippen LogP contribution in [0.15, 0.2) is 24.5 Å². The van der Waals surface area contributed by atoms with E-state index >= 15 is 0 Å². The van der Waals surface area contributed by atoms with Gasteiger partial charge in [-0.05, 0) is 25.5 Å². The van der Waals surface area contributed by atoms with Crippen molar-refractivity contribution in [2.75, 3.05) is 19.8 Å². The van der Waals surface area contributed by atoms with E-state index in [4.69, 9.17) is 4.74 Å². The zero-order valence-corrected chi connectivity index (χ0v) is 11.4. The van der Waals surface area contributed by atoms with Crippen molar-refractivity contribution >= 4 is 11.6 Å². The van der Waals surface area contributed by atoms with Crippen LogP contribution < -0.4 is 5.32 Å². The van der Waals surface area contributed by atoms with Crippen LogP contribution in [0.4, 0.5) is 4.39 Å². The number of halogens is 1. The molecule has 5 nitrogen and oxygen atoms in total. The fraction of sp³-hybridized carbons (Fsp3) is 0.429. The minimum Gasteiger partial charge on any atom is -0.382 e. The molecule has 2 heterocycles. The van der Waals surface area contributed by atoms with E-state index in [1.165, 1.54) is 12.3 Å². The molecular weight excluding hydrogens is 261 g/mol. The molecule has 108 valence electrons. The highest BCUT2D eigenvalue weighted by atomic mass is 19.1. The maximum Gasteiger partial charge on any atom is 0.226 e. The van der Waals surface area contributed by atoms with Crippen LogP contribution in [0.1, 0.15) is 19.0 Å². The largest absolute Gasteiger partial charge is 0.382 e. The van der Waals surface area contributed by atoms with Crippen molar-refractivity contribution in [1.82, 2.24) is 14.7 Å². The number of nitrogens with zero attached hydrogens (tertiary/aromatic N) is 2. The molecule has 2 rings (SSSR count). The zero-order valence-electron chi connectivity index (χ0n) is 11.4. The highest BCUT2D eigenvalue weighted by Crippen LogP contribution is 2.07. The van der Waals surface area contributed by atoms with Crippen LogP contribution >= 0.6 is 0 Å². The lowest BCUT2D eigenvalue weighted by Crippen LogP contribution is -2.26. The average Bonchev–Trinajstić information content (AvgIpc) is 2.79. The van der Waals surface area contributed by atoms with Gasteiger partial charge in [0.2, 0.25) is 5.91 Å². The Morgan fingerprint density at radius 3 is 3.10 bits per heavy atom. The Morgan fingerprint density at radius 1 is 1.45 bits per heavy atom. The number of rotatable bonds is 7. The van der Waals surface area contributed by atoms with Crippen LogP contribution in [0.25, 0.3) is 5.65 Å². The number of ether oxygens (including phenoxy) is 1. The molecular formula is C14H18FN3O2. The normalized spacial score (nSPS) is 10.9. The summed E-state index contributed by atoms with van der Waals surface area (Å²) >= 11 is 0. The predicted octanol–water partition coefficient (Wildman–Crippen LogP) is 1.56. The number of carbonyl (C=O) groups excluding carboxylic acids is 1. The van der Waals surface area contributed by atoms with Gasteiger partial charge in [0.25, 0.3) is 0 Å². The first-order chi connectivity index (χ1) is 9.69. The second-order valence-electron chi connectivity index (χ2n) is 4.42. The molecule has 0 aliphatic carbocycles. The van der Waals surface area contributed by atoms with Crippen molar-refractivity contribution in [3.8, 4) is 0 Å². The van der Waals surface area contributed by atoms with Gasteiger partial charge in [0.15, 0.2) is 0 Å². The van der Waals surface area contributed by atoms with Gasteiger partial charge in [-0.3, -0.25) is 4.79 Å². The van der Waals surface area contributed by atoms with Gasteiger partial charge in [-0.1, -0.05) is 0 Å². The lowest BCUT2D eigenvalue weighted by Gasteiger charge is -2.03. The zero-order chi connectivity index (χ0) is 14.4. The summed E-state index contributed by atoms with van der Waals surface area (Å²) in [5.74, 6) is -0.424. The van der Waals surface area contributed by atoms with Crippen molar-refractivity contribution in [3.05, 3.63) is 36.0 Å². The molecule has 0 aromatic carbocycles. The monoisotopic (exact) mass is 279 g/mol. The standard InChI is InChI=1S/C14H18FN3O2/c1-2-20-7-3-6-16-14(19)8-12-10-18-9-11(15)4-5-13(18)17-12/h4-5,9-10H,2-3,6-8H2,1H3,(H,16,19). The van der Waals surface area contributed by atoms with E-state index in [1.54, 1.807) is 16.7 Å². The third kappa shape index (κ3) is 4.03. The van der Waals surface area contributed by atoms with Crippen LogP contribution in [0, 0.1) is 5.82 Å². The molecule has 2 aromatic rings. The van der Waals surface area contributed by atoms with Gasteiger partial charge in [0, 0.05) is 32.2 Å². The summed E-state index contributed by atoms with van der Waals surface area (Å²) in [6, 6.07) is 2.93. The van der Waals surface area contributed by atoms with Crippen LogP contribution in [-0.2, 0) is 16.0 Å². The third-order valence-electron chi connectivity index (χ3n) is 2.80. The quantitative estimate of drug-likeness (QED) is 0.783. The molecule has 0 atom stereocenters. The number of hydrogen-bond acceptors (Lipinski definition) is 3. The summed E-state index contributed by atoms with van der Waals surface area (Å²) < 4.78 is 19.8. The van der Waals surface area contributed by atoms with Gasteiger partial charge in [-0.15, -0.1) is 0 Å². The van der Waals surface area contributed by atoms with E-state index in [9.17, 15) is 9.18 Å². The molecule has 0 aliphatic rings. The van der Waals surface area contributed by atoms with Gasteiger partial charge < -0.3 is 14.5 Å². The molecule has 0 saturated carbocycles. The molecule has 20 heavy (non-hydrogen) atoms. The molecule has 0 unspecified atom stereocenters. The molecule has 1 amide bonds. The van der Waals surface area contributed by atoms with Gasteiger partial charge in [0.1, 0.15) is 11.5 Å². The molecule has 1 N–H and O–H groups in total. The number of imidazole rings is 1. The van der Waals surface area contributed by atoms with E-state index in [2.05, 4.69) is 10.3 Å². The first-order valence-electron chi connectivity index (χ1n) is 6.66. The minimum atomic E-state index is -0.332. The van der Waals surface area contributed by atoms with Crippen molar-refractivity contribution in [1.29, 1.82) is 0 Å². The van der Waals surface area contributed by atoms with Gasteiger partial charge in [-0.25, -0.2) is 9.37 Å². The van der Waals surface area contributed by atoms with Crippen molar-refractivity contribution in [3.63, 3.8) is 0 Å². The Hall–Kier alpha value is -1.95. The summed E-state index contributed by atoms with van der Waals surface area (Å²) in [5.41, 5.74) is 1.25. The molecule has 0 aliphatic heterocycles. The van der Waals surface area contributed by atoms with E-state index in [-0.39, 0.29) is 18.1 Å². The fourth-order valence-corrected chi connectivity index (χ4v) is 1.88. The summed E-state index contributed by atoms with van der Waals surface area (Å²) in [4.78, 5) is 16.0. The molecule has 0 radical (unpaired) electrons. The number of carbonyl (C=O) groups is 1. The Morgan fingerprint density at radius 2 is 2.30 bits per heavy atom. The van der Waals surface area contributed by atoms with Crippen LogP contribution in [0.3, 0.4) is 0 Å². The SMILES string of the molecule is CCOCCCNC(=O)Cc1cn2cc(F)ccc2n1.